The third-order valence-electron chi connectivity index (χ3n) is 6.06. The summed E-state index contributed by atoms with van der Waals surface area (Å²) < 4.78 is 17.4. The summed E-state index contributed by atoms with van der Waals surface area (Å²) in [4.78, 5) is 24.8. The van der Waals surface area contributed by atoms with Gasteiger partial charge in [-0.25, -0.2) is 4.79 Å². The molecule has 6 heteroatoms. The zero-order valence-electron chi connectivity index (χ0n) is 16.0. The molecule has 3 atom stereocenters. The molecular formula is C20H30O6. The first kappa shape index (κ1) is 19.4. The van der Waals surface area contributed by atoms with Crippen LogP contribution in [-0.2, 0) is 23.8 Å². The maximum atomic E-state index is 12.9. The van der Waals surface area contributed by atoms with Crippen molar-refractivity contribution in [1.82, 2.24) is 0 Å². The Kier molecular flexibility index (Phi) is 4.95. The Morgan fingerprint density at radius 2 is 2.00 bits per heavy atom. The minimum Gasteiger partial charge on any atom is -0.458 e. The van der Waals surface area contributed by atoms with E-state index in [1.54, 1.807) is 20.8 Å². The van der Waals surface area contributed by atoms with Gasteiger partial charge in [0.05, 0.1) is 17.8 Å². The zero-order valence-corrected chi connectivity index (χ0v) is 16.0. The minimum absolute atomic E-state index is 0.181. The van der Waals surface area contributed by atoms with E-state index in [0.717, 1.165) is 25.7 Å². The Balaban J connectivity index is 1.80. The van der Waals surface area contributed by atoms with Crippen molar-refractivity contribution in [2.75, 3.05) is 6.61 Å². The molecule has 0 radical (unpaired) electrons. The summed E-state index contributed by atoms with van der Waals surface area (Å²) in [7, 11) is 0. The zero-order chi connectivity index (χ0) is 19.2. The number of carbonyl (C=O) groups is 2. The first-order valence-corrected chi connectivity index (χ1v) is 9.53. The molecule has 1 aliphatic heterocycles. The van der Waals surface area contributed by atoms with Gasteiger partial charge in [0.15, 0.2) is 0 Å². The molecule has 3 rings (SSSR count). The Hall–Kier alpha value is -1.40. The van der Waals surface area contributed by atoms with Crippen LogP contribution in [0.15, 0.2) is 12.2 Å². The lowest BCUT2D eigenvalue weighted by molar-refractivity contribution is -0.185. The molecule has 2 aliphatic carbocycles. The molecule has 1 saturated heterocycles. The second kappa shape index (κ2) is 6.64. The summed E-state index contributed by atoms with van der Waals surface area (Å²) in [5.41, 5.74) is -1.91. The Morgan fingerprint density at radius 1 is 1.35 bits per heavy atom. The second-order valence-corrected chi connectivity index (χ2v) is 8.80. The van der Waals surface area contributed by atoms with Gasteiger partial charge in [-0.05, 0) is 46.5 Å². The maximum absolute atomic E-state index is 12.9. The van der Waals surface area contributed by atoms with Crippen molar-refractivity contribution in [1.29, 1.82) is 0 Å². The summed E-state index contributed by atoms with van der Waals surface area (Å²) in [6.07, 6.45) is 4.38. The maximum Gasteiger partial charge on any atom is 0.333 e. The molecule has 146 valence electrons. The molecule has 1 N–H and O–H groups in total. The summed E-state index contributed by atoms with van der Waals surface area (Å²) >= 11 is 0. The molecule has 0 aromatic carbocycles. The van der Waals surface area contributed by atoms with Crippen LogP contribution in [0, 0.1) is 5.41 Å². The Labute approximate surface area is 154 Å². The van der Waals surface area contributed by atoms with Crippen LogP contribution in [0.5, 0.6) is 0 Å². The minimum atomic E-state index is -0.956. The lowest BCUT2D eigenvalue weighted by atomic mass is 9.62. The molecule has 2 saturated carbocycles. The molecule has 6 nitrogen and oxygen atoms in total. The highest BCUT2D eigenvalue weighted by molar-refractivity contribution is 5.87. The fraction of sp³-hybridized carbons (Fsp3) is 0.800. The molecule has 3 unspecified atom stereocenters. The molecule has 1 heterocycles. The van der Waals surface area contributed by atoms with Crippen LogP contribution in [0.4, 0.5) is 0 Å². The molecular weight excluding hydrogens is 336 g/mol. The lowest BCUT2D eigenvalue weighted by Gasteiger charge is -2.46. The normalized spacial score (nSPS) is 33.0. The quantitative estimate of drug-likeness (QED) is 0.575. The summed E-state index contributed by atoms with van der Waals surface area (Å²) in [6.45, 7) is 8.80. The van der Waals surface area contributed by atoms with Crippen LogP contribution in [-0.4, -0.2) is 47.1 Å². The van der Waals surface area contributed by atoms with Gasteiger partial charge in [0, 0.05) is 12.0 Å². The number of ether oxygens (including phenoxy) is 3. The number of esters is 2. The molecule has 0 aromatic rings. The van der Waals surface area contributed by atoms with Gasteiger partial charge in [0.2, 0.25) is 0 Å². The first-order chi connectivity index (χ1) is 12.1. The molecule has 0 amide bonds. The average molecular weight is 366 g/mol. The monoisotopic (exact) mass is 366 g/mol. The highest BCUT2D eigenvalue weighted by Crippen LogP contribution is 2.58. The highest BCUT2D eigenvalue weighted by Gasteiger charge is 2.67. The van der Waals surface area contributed by atoms with Crippen molar-refractivity contribution >= 4 is 11.9 Å². The van der Waals surface area contributed by atoms with Crippen molar-refractivity contribution in [3.8, 4) is 0 Å². The van der Waals surface area contributed by atoms with Gasteiger partial charge in [0.1, 0.15) is 17.6 Å². The van der Waals surface area contributed by atoms with Gasteiger partial charge in [-0.15, -0.1) is 0 Å². The largest absolute Gasteiger partial charge is 0.458 e. The van der Waals surface area contributed by atoms with Crippen LogP contribution in [0.1, 0.15) is 65.7 Å². The third-order valence-corrected chi connectivity index (χ3v) is 6.06. The Bertz CT molecular complexity index is 598. The first-order valence-electron chi connectivity index (χ1n) is 9.53. The van der Waals surface area contributed by atoms with Crippen molar-refractivity contribution in [3.05, 3.63) is 12.2 Å². The van der Waals surface area contributed by atoms with Crippen LogP contribution in [0.25, 0.3) is 0 Å². The number of rotatable bonds is 6. The van der Waals surface area contributed by atoms with Crippen LogP contribution in [0.3, 0.4) is 0 Å². The Morgan fingerprint density at radius 3 is 2.58 bits per heavy atom. The van der Waals surface area contributed by atoms with E-state index in [1.165, 1.54) is 0 Å². The van der Waals surface area contributed by atoms with Gasteiger partial charge in [-0.2, -0.15) is 0 Å². The van der Waals surface area contributed by atoms with Crippen molar-refractivity contribution in [3.63, 3.8) is 0 Å². The van der Waals surface area contributed by atoms with E-state index in [2.05, 4.69) is 6.58 Å². The topological polar surface area (TPSA) is 82.1 Å². The van der Waals surface area contributed by atoms with E-state index < -0.39 is 34.8 Å². The standard InChI is InChI=1S/C20H30O6/c1-13(2)16(21)25-14-7-10-19(11-15(14)26-17(19)22)20(8-5-6-9-20)24-12-18(3,4)23/h14-15,23H,1,5-12H2,2-4H3. The van der Waals surface area contributed by atoms with Gasteiger partial charge < -0.3 is 19.3 Å². The van der Waals surface area contributed by atoms with E-state index in [-0.39, 0.29) is 12.6 Å². The number of carbonyl (C=O) groups excluding carboxylic acids is 2. The fourth-order valence-corrected chi connectivity index (χ4v) is 4.70. The van der Waals surface area contributed by atoms with Crippen molar-refractivity contribution in [2.45, 2.75) is 89.1 Å². The number of hydrogen-bond acceptors (Lipinski definition) is 6. The summed E-state index contributed by atoms with van der Waals surface area (Å²) in [6, 6.07) is 0. The van der Waals surface area contributed by atoms with Crippen molar-refractivity contribution < 1.29 is 28.9 Å². The molecule has 3 fully saturated rings. The van der Waals surface area contributed by atoms with E-state index in [9.17, 15) is 14.7 Å². The fourth-order valence-electron chi connectivity index (χ4n) is 4.70. The summed E-state index contributed by atoms with van der Waals surface area (Å²) in [5.74, 6) is -0.687. The van der Waals surface area contributed by atoms with E-state index in [4.69, 9.17) is 14.2 Å². The highest BCUT2D eigenvalue weighted by atomic mass is 16.6. The predicted molar refractivity (Wildman–Crippen MR) is 94.3 cm³/mol. The lowest BCUT2D eigenvalue weighted by Crippen LogP contribution is -2.55. The van der Waals surface area contributed by atoms with Gasteiger partial charge in [-0.3, -0.25) is 4.79 Å². The number of hydrogen-bond donors (Lipinski definition) is 1. The van der Waals surface area contributed by atoms with Crippen LogP contribution >= 0.6 is 0 Å². The third kappa shape index (κ3) is 3.29. The van der Waals surface area contributed by atoms with Crippen LogP contribution < -0.4 is 0 Å². The van der Waals surface area contributed by atoms with E-state index in [0.29, 0.717) is 24.8 Å². The van der Waals surface area contributed by atoms with Gasteiger partial charge >= 0.3 is 11.9 Å². The second-order valence-electron chi connectivity index (χ2n) is 8.80. The van der Waals surface area contributed by atoms with E-state index in [1.807, 2.05) is 0 Å². The number of fused-ring (bicyclic) bond motifs is 2. The molecule has 0 aromatic heterocycles. The van der Waals surface area contributed by atoms with Crippen molar-refractivity contribution in [2.24, 2.45) is 5.41 Å². The average Bonchev–Trinajstić information content (AvgIpc) is 3.13. The smallest absolute Gasteiger partial charge is 0.333 e. The molecule has 26 heavy (non-hydrogen) atoms. The SMILES string of the molecule is C=C(C)C(=O)OC1CCC2(C3(OCC(C)(C)O)CCCC3)CC1OC2=O. The molecule has 2 bridgehead atoms. The van der Waals surface area contributed by atoms with Crippen LogP contribution in [0.2, 0.25) is 0 Å². The van der Waals surface area contributed by atoms with Gasteiger partial charge in [-0.1, -0.05) is 19.4 Å². The molecule has 0 spiro atoms. The predicted octanol–water partition coefficient (Wildman–Crippen LogP) is 2.67. The molecule has 3 aliphatic rings. The van der Waals surface area contributed by atoms with E-state index >= 15 is 0 Å². The van der Waals surface area contributed by atoms with Gasteiger partial charge in [0.25, 0.3) is 0 Å². The number of aliphatic hydroxyl groups is 1. The summed E-state index contributed by atoms with van der Waals surface area (Å²) in [5, 5.41) is 10.1.